The van der Waals surface area contributed by atoms with Gasteiger partial charge in [0.05, 0.1) is 6.10 Å². The Balaban J connectivity index is 1.60. The standard InChI is InChI=1S/C14H20ClN3O/c15-11-2-1-3-12(8-11)17-4-6-18(7-5-17)13-9-16-10-14(13)19/h1-3,8,13-14,16,19H,4-7,9-10H2/t13-,14-/m0/s1. The molecule has 0 aromatic heterocycles. The highest BCUT2D eigenvalue weighted by Crippen LogP contribution is 2.22. The maximum absolute atomic E-state index is 9.93. The van der Waals surface area contributed by atoms with E-state index in [1.54, 1.807) is 0 Å². The van der Waals surface area contributed by atoms with E-state index in [0.29, 0.717) is 0 Å². The Bertz CT molecular complexity index is 434. The zero-order valence-corrected chi connectivity index (χ0v) is 11.7. The van der Waals surface area contributed by atoms with Gasteiger partial charge in [0.1, 0.15) is 0 Å². The number of hydrogen-bond donors (Lipinski definition) is 2. The summed E-state index contributed by atoms with van der Waals surface area (Å²) in [4.78, 5) is 4.75. The number of hydrogen-bond acceptors (Lipinski definition) is 4. The zero-order chi connectivity index (χ0) is 13.2. The summed E-state index contributed by atoms with van der Waals surface area (Å²) in [6.07, 6.45) is -0.224. The van der Waals surface area contributed by atoms with E-state index in [-0.39, 0.29) is 12.1 Å². The summed E-state index contributed by atoms with van der Waals surface area (Å²) in [5.74, 6) is 0. The van der Waals surface area contributed by atoms with E-state index < -0.39 is 0 Å². The molecule has 0 spiro atoms. The van der Waals surface area contributed by atoms with Crippen molar-refractivity contribution in [3.63, 3.8) is 0 Å². The molecule has 2 heterocycles. The van der Waals surface area contributed by atoms with Crippen molar-refractivity contribution in [1.29, 1.82) is 0 Å². The smallest absolute Gasteiger partial charge is 0.0831 e. The van der Waals surface area contributed by atoms with Crippen molar-refractivity contribution >= 4 is 17.3 Å². The number of β-amino-alcohol motifs (C(OH)–C–C–N with tert-alkyl or cyclic N) is 1. The first kappa shape index (κ1) is 13.2. The van der Waals surface area contributed by atoms with Crippen LogP contribution in [-0.4, -0.2) is 61.4 Å². The lowest BCUT2D eigenvalue weighted by atomic mass is 10.1. The van der Waals surface area contributed by atoms with Crippen LogP contribution in [0.5, 0.6) is 0 Å². The normalized spacial score (nSPS) is 28.8. The number of nitrogens with one attached hydrogen (secondary N) is 1. The van der Waals surface area contributed by atoms with E-state index in [1.807, 2.05) is 18.2 Å². The van der Waals surface area contributed by atoms with Crippen LogP contribution in [0.3, 0.4) is 0 Å². The average Bonchev–Trinajstić information content (AvgIpc) is 2.85. The number of nitrogens with zero attached hydrogens (tertiary/aromatic N) is 2. The first-order valence-corrected chi connectivity index (χ1v) is 7.25. The van der Waals surface area contributed by atoms with Crippen LogP contribution in [0, 0.1) is 0 Å². The molecule has 2 aliphatic heterocycles. The van der Waals surface area contributed by atoms with Gasteiger partial charge in [-0.25, -0.2) is 0 Å². The molecule has 0 radical (unpaired) electrons. The van der Waals surface area contributed by atoms with Gasteiger partial charge >= 0.3 is 0 Å². The van der Waals surface area contributed by atoms with Crippen LogP contribution in [0.25, 0.3) is 0 Å². The number of halogens is 1. The van der Waals surface area contributed by atoms with Crippen molar-refractivity contribution in [3.05, 3.63) is 29.3 Å². The zero-order valence-electron chi connectivity index (χ0n) is 10.9. The lowest BCUT2D eigenvalue weighted by Crippen LogP contribution is -2.53. The van der Waals surface area contributed by atoms with Crippen molar-refractivity contribution in [3.8, 4) is 0 Å². The van der Waals surface area contributed by atoms with Gasteiger partial charge in [-0.15, -0.1) is 0 Å². The fourth-order valence-corrected chi connectivity index (χ4v) is 3.19. The second kappa shape index (κ2) is 5.67. The van der Waals surface area contributed by atoms with Crippen LogP contribution in [0.15, 0.2) is 24.3 Å². The second-order valence-corrected chi connectivity index (χ2v) is 5.73. The molecule has 2 saturated heterocycles. The molecule has 1 aromatic carbocycles. The molecule has 0 unspecified atom stereocenters. The molecule has 19 heavy (non-hydrogen) atoms. The topological polar surface area (TPSA) is 38.7 Å². The van der Waals surface area contributed by atoms with Crippen LogP contribution in [0.4, 0.5) is 5.69 Å². The SMILES string of the molecule is O[C@H]1CNC[C@@H]1N1CCN(c2cccc(Cl)c2)CC1. The Morgan fingerprint density at radius 3 is 2.58 bits per heavy atom. The molecule has 3 rings (SSSR count). The van der Waals surface area contributed by atoms with Gasteiger partial charge in [0.15, 0.2) is 0 Å². The van der Waals surface area contributed by atoms with E-state index in [9.17, 15) is 5.11 Å². The third-order valence-electron chi connectivity index (χ3n) is 4.11. The molecule has 0 aliphatic carbocycles. The van der Waals surface area contributed by atoms with E-state index in [2.05, 4.69) is 21.2 Å². The quantitative estimate of drug-likeness (QED) is 0.841. The van der Waals surface area contributed by atoms with Gasteiger partial charge in [-0.2, -0.15) is 0 Å². The third kappa shape index (κ3) is 2.87. The third-order valence-corrected chi connectivity index (χ3v) is 4.34. The van der Waals surface area contributed by atoms with Crippen LogP contribution in [0.2, 0.25) is 5.02 Å². The van der Waals surface area contributed by atoms with Crippen molar-refractivity contribution in [2.24, 2.45) is 0 Å². The highest BCUT2D eigenvalue weighted by atomic mass is 35.5. The number of aliphatic hydroxyl groups excluding tert-OH is 1. The highest BCUT2D eigenvalue weighted by molar-refractivity contribution is 6.30. The van der Waals surface area contributed by atoms with E-state index in [4.69, 9.17) is 11.6 Å². The van der Waals surface area contributed by atoms with Gasteiger partial charge in [0.2, 0.25) is 0 Å². The van der Waals surface area contributed by atoms with Crippen LogP contribution in [0.1, 0.15) is 0 Å². The molecule has 0 saturated carbocycles. The maximum Gasteiger partial charge on any atom is 0.0831 e. The molecule has 5 heteroatoms. The Morgan fingerprint density at radius 1 is 1.16 bits per heavy atom. The lowest BCUT2D eigenvalue weighted by molar-refractivity contribution is 0.0792. The summed E-state index contributed by atoms with van der Waals surface area (Å²) >= 11 is 6.04. The molecule has 2 fully saturated rings. The van der Waals surface area contributed by atoms with Crippen LogP contribution in [-0.2, 0) is 0 Å². The summed E-state index contributed by atoms with van der Waals surface area (Å²) in [5.41, 5.74) is 1.19. The van der Waals surface area contributed by atoms with Crippen LogP contribution < -0.4 is 10.2 Å². The van der Waals surface area contributed by atoms with Gasteiger partial charge in [0, 0.05) is 56.0 Å². The van der Waals surface area contributed by atoms with Gasteiger partial charge < -0.3 is 15.3 Å². The molecular weight excluding hydrogens is 262 g/mol. The van der Waals surface area contributed by atoms with Gasteiger partial charge in [-0.05, 0) is 18.2 Å². The fourth-order valence-electron chi connectivity index (χ4n) is 3.01. The molecule has 4 nitrogen and oxygen atoms in total. The van der Waals surface area contributed by atoms with Crippen LogP contribution >= 0.6 is 11.6 Å². The number of piperazine rings is 1. The minimum absolute atomic E-state index is 0.224. The van der Waals surface area contributed by atoms with Crippen molar-refractivity contribution in [1.82, 2.24) is 10.2 Å². The number of benzene rings is 1. The molecule has 2 aliphatic rings. The molecule has 0 amide bonds. The molecule has 104 valence electrons. The summed E-state index contributed by atoms with van der Waals surface area (Å²) in [5, 5.41) is 14.0. The minimum Gasteiger partial charge on any atom is -0.390 e. The van der Waals surface area contributed by atoms with E-state index >= 15 is 0 Å². The average molecular weight is 282 g/mol. The predicted molar refractivity (Wildman–Crippen MR) is 77.9 cm³/mol. The largest absolute Gasteiger partial charge is 0.390 e. The molecule has 2 N–H and O–H groups in total. The van der Waals surface area contributed by atoms with E-state index in [0.717, 1.165) is 44.3 Å². The first-order valence-electron chi connectivity index (χ1n) is 6.87. The number of anilines is 1. The highest BCUT2D eigenvalue weighted by Gasteiger charge is 2.32. The Morgan fingerprint density at radius 2 is 1.95 bits per heavy atom. The Kier molecular flexibility index (Phi) is 3.93. The minimum atomic E-state index is -0.224. The Hall–Kier alpha value is -0.810. The summed E-state index contributed by atoms with van der Waals surface area (Å²) < 4.78 is 0. The summed E-state index contributed by atoms with van der Waals surface area (Å²) in [6.45, 7) is 5.59. The molecular formula is C14H20ClN3O. The monoisotopic (exact) mass is 281 g/mol. The first-order chi connectivity index (χ1) is 9.24. The number of rotatable bonds is 2. The molecule has 0 bridgehead atoms. The Labute approximate surface area is 119 Å². The van der Waals surface area contributed by atoms with Crippen molar-refractivity contribution in [2.75, 3.05) is 44.2 Å². The van der Waals surface area contributed by atoms with Crippen molar-refractivity contribution in [2.45, 2.75) is 12.1 Å². The second-order valence-electron chi connectivity index (χ2n) is 5.30. The number of aliphatic hydroxyl groups is 1. The van der Waals surface area contributed by atoms with E-state index in [1.165, 1.54) is 5.69 Å². The molecule has 1 aromatic rings. The fraction of sp³-hybridized carbons (Fsp3) is 0.571. The van der Waals surface area contributed by atoms with Crippen molar-refractivity contribution < 1.29 is 5.11 Å². The van der Waals surface area contributed by atoms with Gasteiger partial charge in [-0.3, -0.25) is 4.90 Å². The summed E-state index contributed by atoms with van der Waals surface area (Å²) in [6, 6.07) is 8.30. The molecule has 2 atom stereocenters. The maximum atomic E-state index is 9.93. The predicted octanol–water partition coefficient (Wildman–Crippen LogP) is 0.795. The lowest BCUT2D eigenvalue weighted by Gasteiger charge is -2.39. The van der Waals surface area contributed by atoms with Gasteiger partial charge in [-0.1, -0.05) is 17.7 Å². The van der Waals surface area contributed by atoms with Gasteiger partial charge in [0.25, 0.3) is 0 Å². The summed E-state index contributed by atoms with van der Waals surface area (Å²) in [7, 11) is 0.